The van der Waals surface area contributed by atoms with Crippen molar-refractivity contribution in [3.63, 3.8) is 0 Å². The van der Waals surface area contributed by atoms with Gasteiger partial charge in [0.15, 0.2) is 0 Å². The Hall–Kier alpha value is -1.54. The average molecular weight is 349 g/mol. The Morgan fingerprint density at radius 2 is 2.17 bits per heavy atom. The standard InChI is InChI=1S/C17H23N3O3S/c1-24(21,22)19-9-7-15-13-20(10-11-23-15)12-14-6-8-18-17-5-3-2-4-16(14)17/h2-6,8,15,19H,7,9-13H2,1H3. The van der Waals surface area contributed by atoms with Crippen LogP contribution in [0, 0.1) is 0 Å². The van der Waals surface area contributed by atoms with E-state index >= 15 is 0 Å². The van der Waals surface area contributed by atoms with E-state index in [4.69, 9.17) is 4.74 Å². The van der Waals surface area contributed by atoms with Gasteiger partial charge in [0.05, 0.1) is 24.5 Å². The van der Waals surface area contributed by atoms with E-state index in [2.05, 4.69) is 26.7 Å². The Morgan fingerprint density at radius 1 is 1.33 bits per heavy atom. The molecular formula is C17H23N3O3S. The molecule has 0 bridgehead atoms. The van der Waals surface area contributed by atoms with Gasteiger partial charge in [-0.15, -0.1) is 0 Å². The van der Waals surface area contributed by atoms with E-state index in [1.807, 2.05) is 24.4 Å². The SMILES string of the molecule is CS(=O)(=O)NCCC1CN(Cc2ccnc3ccccc23)CCO1. The molecule has 0 saturated carbocycles. The van der Waals surface area contributed by atoms with Crippen molar-refractivity contribution in [2.24, 2.45) is 0 Å². The second kappa shape index (κ2) is 7.57. The van der Waals surface area contributed by atoms with Crippen molar-refractivity contribution in [2.45, 2.75) is 19.1 Å². The molecule has 1 aromatic carbocycles. The minimum absolute atomic E-state index is 0.0566. The van der Waals surface area contributed by atoms with Gasteiger partial charge in [-0.05, 0) is 24.1 Å². The van der Waals surface area contributed by atoms with Gasteiger partial charge in [-0.1, -0.05) is 18.2 Å². The third-order valence-electron chi connectivity index (χ3n) is 4.19. The molecule has 1 aliphatic heterocycles. The van der Waals surface area contributed by atoms with Gasteiger partial charge in [0.1, 0.15) is 0 Å². The van der Waals surface area contributed by atoms with Gasteiger partial charge in [0, 0.05) is 37.8 Å². The number of ether oxygens (including phenoxy) is 1. The van der Waals surface area contributed by atoms with Crippen molar-refractivity contribution in [1.29, 1.82) is 0 Å². The molecule has 2 heterocycles. The lowest BCUT2D eigenvalue weighted by molar-refractivity contribution is -0.0337. The number of nitrogens with one attached hydrogen (secondary N) is 1. The molecule has 0 aliphatic carbocycles. The first-order chi connectivity index (χ1) is 11.5. The first kappa shape index (κ1) is 17.3. The summed E-state index contributed by atoms with van der Waals surface area (Å²) < 4.78 is 30.6. The van der Waals surface area contributed by atoms with Crippen molar-refractivity contribution in [3.8, 4) is 0 Å². The Balaban J connectivity index is 1.60. The van der Waals surface area contributed by atoms with Crippen molar-refractivity contribution >= 4 is 20.9 Å². The van der Waals surface area contributed by atoms with Crippen LogP contribution < -0.4 is 4.72 Å². The monoisotopic (exact) mass is 349 g/mol. The molecule has 1 saturated heterocycles. The first-order valence-corrected chi connectivity index (χ1v) is 10.0. The van der Waals surface area contributed by atoms with Crippen LogP contribution in [0.1, 0.15) is 12.0 Å². The highest BCUT2D eigenvalue weighted by molar-refractivity contribution is 7.88. The van der Waals surface area contributed by atoms with Crippen molar-refractivity contribution < 1.29 is 13.2 Å². The summed E-state index contributed by atoms with van der Waals surface area (Å²) in [4.78, 5) is 6.76. The molecule has 1 unspecified atom stereocenters. The van der Waals surface area contributed by atoms with Gasteiger partial charge in [-0.2, -0.15) is 0 Å². The number of rotatable bonds is 6. The summed E-state index contributed by atoms with van der Waals surface area (Å²) in [7, 11) is -3.14. The molecule has 1 atom stereocenters. The lowest BCUT2D eigenvalue weighted by Gasteiger charge is -2.33. The highest BCUT2D eigenvalue weighted by atomic mass is 32.2. The molecule has 7 heteroatoms. The fraction of sp³-hybridized carbons (Fsp3) is 0.471. The minimum atomic E-state index is -3.14. The number of hydrogen-bond donors (Lipinski definition) is 1. The van der Waals surface area contributed by atoms with E-state index in [0.29, 0.717) is 19.6 Å². The molecular weight excluding hydrogens is 326 g/mol. The summed E-state index contributed by atoms with van der Waals surface area (Å²) in [6.07, 6.45) is 3.77. The zero-order valence-corrected chi connectivity index (χ0v) is 14.6. The van der Waals surface area contributed by atoms with Gasteiger partial charge >= 0.3 is 0 Å². The largest absolute Gasteiger partial charge is 0.376 e. The van der Waals surface area contributed by atoms with Crippen LogP contribution in [0.3, 0.4) is 0 Å². The molecule has 130 valence electrons. The number of para-hydroxylation sites is 1. The number of hydrogen-bond acceptors (Lipinski definition) is 5. The Labute approximate surface area is 142 Å². The van der Waals surface area contributed by atoms with Crippen LogP contribution in [0.2, 0.25) is 0 Å². The van der Waals surface area contributed by atoms with E-state index in [1.165, 1.54) is 17.2 Å². The van der Waals surface area contributed by atoms with Crippen molar-refractivity contribution in [3.05, 3.63) is 42.1 Å². The number of pyridine rings is 1. The van der Waals surface area contributed by atoms with Gasteiger partial charge in [0.25, 0.3) is 0 Å². The second-order valence-corrected chi connectivity index (χ2v) is 8.00. The van der Waals surface area contributed by atoms with Crippen LogP contribution in [-0.4, -0.2) is 56.9 Å². The molecule has 2 aromatic rings. The van der Waals surface area contributed by atoms with Crippen LogP contribution in [0.25, 0.3) is 10.9 Å². The normalized spacial score (nSPS) is 19.6. The maximum absolute atomic E-state index is 11.1. The molecule has 1 fully saturated rings. The zero-order valence-electron chi connectivity index (χ0n) is 13.8. The van der Waals surface area contributed by atoms with Crippen molar-refractivity contribution in [2.75, 3.05) is 32.5 Å². The van der Waals surface area contributed by atoms with Crippen LogP contribution in [0.5, 0.6) is 0 Å². The maximum atomic E-state index is 11.1. The zero-order chi connectivity index (χ0) is 17.0. The molecule has 1 aromatic heterocycles. The Bertz CT molecular complexity index is 789. The summed E-state index contributed by atoms with van der Waals surface area (Å²) in [6, 6.07) is 10.2. The summed E-state index contributed by atoms with van der Waals surface area (Å²) in [6.45, 7) is 3.62. The summed E-state index contributed by atoms with van der Waals surface area (Å²) in [5, 5.41) is 1.18. The molecule has 24 heavy (non-hydrogen) atoms. The first-order valence-electron chi connectivity index (χ1n) is 8.12. The minimum Gasteiger partial charge on any atom is -0.376 e. The van der Waals surface area contributed by atoms with Crippen molar-refractivity contribution in [1.82, 2.24) is 14.6 Å². The molecule has 0 radical (unpaired) electrons. The summed E-state index contributed by atoms with van der Waals surface area (Å²) >= 11 is 0. The second-order valence-electron chi connectivity index (χ2n) is 6.17. The van der Waals surface area contributed by atoms with E-state index in [-0.39, 0.29) is 6.10 Å². The number of fused-ring (bicyclic) bond motifs is 1. The fourth-order valence-corrected chi connectivity index (χ4v) is 3.53. The predicted molar refractivity (Wildman–Crippen MR) is 94.2 cm³/mol. The molecule has 0 amide bonds. The lowest BCUT2D eigenvalue weighted by Crippen LogP contribution is -2.43. The van der Waals surface area contributed by atoms with E-state index in [1.54, 1.807) is 0 Å². The van der Waals surface area contributed by atoms with E-state index < -0.39 is 10.0 Å². The average Bonchev–Trinajstić information content (AvgIpc) is 2.54. The smallest absolute Gasteiger partial charge is 0.208 e. The third kappa shape index (κ3) is 4.73. The van der Waals surface area contributed by atoms with E-state index in [0.717, 1.165) is 25.2 Å². The van der Waals surface area contributed by atoms with E-state index in [9.17, 15) is 8.42 Å². The third-order valence-corrected chi connectivity index (χ3v) is 4.92. The topological polar surface area (TPSA) is 71.5 Å². The van der Waals surface area contributed by atoms with Gasteiger partial charge in [-0.3, -0.25) is 9.88 Å². The number of aromatic nitrogens is 1. The molecule has 0 spiro atoms. The van der Waals surface area contributed by atoms with Gasteiger partial charge < -0.3 is 4.74 Å². The Kier molecular flexibility index (Phi) is 5.45. The van der Waals surface area contributed by atoms with Crippen LogP contribution in [0.4, 0.5) is 0 Å². The number of morpholine rings is 1. The lowest BCUT2D eigenvalue weighted by atomic mass is 10.1. The van der Waals surface area contributed by atoms with Crippen LogP contribution in [0.15, 0.2) is 36.5 Å². The summed E-state index contributed by atoms with van der Waals surface area (Å²) in [5.74, 6) is 0. The number of benzene rings is 1. The Morgan fingerprint density at radius 3 is 3.00 bits per heavy atom. The molecule has 1 N–H and O–H groups in total. The molecule has 6 nitrogen and oxygen atoms in total. The highest BCUT2D eigenvalue weighted by Crippen LogP contribution is 2.19. The number of nitrogens with zero attached hydrogens (tertiary/aromatic N) is 2. The fourth-order valence-electron chi connectivity index (χ4n) is 3.04. The number of sulfonamides is 1. The van der Waals surface area contributed by atoms with Crippen LogP contribution >= 0.6 is 0 Å². The maximum Gasteiger partial charge on any atom is 0.208 e. The highest BCUT2D eigenvalue weighted by Gasteiger charge is 2.21. The summed E-state index contributed by atoms with van der Waals surface area (Å²) in [5.41, 5.74) is 2.27. The quantitative estimate of drug-likeness (QED) is 0.853. The molecule has 1 aliphatic rings. The van der Waals surface area contributed by atoms with Gasteiger partial charge in [-0.25, -0.2) is 13.1 Å². The van der Waals surface area contributed by atoms with Crippen LogP contribution in [-0.2, 0) is 21.3 Å². The van der Waals surface area contributed by atoms with Gasteiger partial charge in [0.2, 0.25) is 10.0 Å². The molecule has 3 rings (SSSR count). The predicted octanol–water partition coefficient (Wildman–Crippen LogP) is 1.37.